The van der Waals surface area contributed by atoms with Gasteiger partial charge in [-0.05, 0) is 23.8 Å². The maximum atomic E-state index is 10.2. The Hall–Kier alpha value is -3.94. The van der Waals surface area contributed by atoms with E-state index in [-0.39, 0.29) is 17.1 Å². The molecule has 0 radical (unpaired) electrons. The lowest BCUT2D eigenvalue weighted by atomic mass is 10.2. The maximum absolute atomic E-state index is 10.2. The molecule has 0 fully saturated rings. The van der Waals surface area contributed by atoms with Crippen LogP contribution in [-0.2, 0) is 9.59 Å². The number of carboxylic acids is 2. The molecule has 0 aliphatic carbocycles. The van der Waals surface area contributed by atoms with Crippen LogP contribution >= 0.6 is 0 Å². The van der Waals surface area contributed by atoms with Gasteiger partial charge in [0.05, 0.1) is 0 Å². The minimum absolute atomic E-state index is 0.229. The number of aliphatic carboxylic acids is 2. The monoisotopic (exact) mass is 360 g/mol. The van der Waals surface area contributed by atoms with Crippen molar-refractivity contribution in [3.05, 3.63) is 71.5 Å². The first-order valence-electron chi connectivity index (χ1n) is 7.06. The fraction of sp³-hybridized carbons (Fsp3) is 0. The van der Waals surface area contributed by atoms with E-state index in [2.05, 4.69) is 0 Å². The Morgan fingerprint density at radius 2 is 1.42 bits per heavy atom. The Morgan fingerprint density at radius 3 is 1.92 bits per heavy atom. The van der Waals surface area contributed by atoms with E-state index in [4.69, 9.17) is 25.5 Å². The van der Waals surface area contributed by atoms with Crippen LogP contribution in [0.25, 0.3) is 11.8 Å². The van der Waals surface area contributed by atoms with E-state index in [9.17, 15) is 14.7 Å². The molecule has 0 aromatic heterocycles. The second kappa shape index (κ2) is 9.38. The molecule has 0 amide bonds. The molecule has 26 heavy (non-hydrogen) atoms. The average molecular weight is 360 g/mol. The van der Waals surface area contributed by atoms with Gasteiger partial charge in [-0.15, -0.1) is 0 Å². The first-order chi connectivity index (χ1) is 12.2. The van der Waals surface area contributed by atoms with E-state index in [1.165, 1.54) is 36.4 Å². The standard InChI is InChI=1S/2C9H8O4/c10-7-3-1-6(5-8(7)11)2-4-9(12)13;10-7(8(11)9(12)13)6-4-2-1-3-5-6/h2*1-5,10-11H,(H,12,13). The molecule has 0 saturated heterocycles. The van der Waals surface area contributed by atoms with E-state index in [0.717, 1.165) is 6.08 Å². The topological polar surface area (TPSA) is 156 Å². The zero-order valence-corrected chi connectivity index (χ0v) is 13.3. The van der Waals surface area contributed by atoms with Crippen molar-refractivity contribution in [2.45, 2.75) is 0 Å². The molecule has 0 aliphatic rings. The van der Waals surface area contributed by atoms with Crippen molar-refractivity contribution in [1.29, 1.82) is 0 Å². The van der Waals surface area contributed by atoms with E-state index in [1.54, 1.807) is 18.2 Å². The number of aliphatic hydroxyl groups is 2. The number of benzene rings is 2. The van der Waals surface area contributed by atoms with Crippen molar-refractivity contribution >= 4 is 23.8 Å². The molecule has 2 aromatic rings. The largest absolute Gasteiger partial charge is 0.504 e. The summed E-state index contributed by atoms with van der Waals surface area (Å²) >= 11 is 0. The van der Waals surface area contributed by atoms with Crippen LogP contribution in [0.5, 0.6) is 11.5 Å². The lowest BCUT2D eigenvalue weighted by Gasteiger charge is -2.00. The molecule has 8 nitrogen and oxygen atoms in total. The Balaban J connectivity index is 0.000000260. The fourth-order valence-corrected chi connectivity index (χ4v) is 1.65. The first-order valence-corrected chi connectivity index (χ1v) is 7.06. The van der Waals surface area contributed by atoms with Gasteiger partial charge in [-0.3, -0.25) is 0 Å². The summed E-state index contributed by atoms with van der Waals surface area (Å²) in [5, 5.41) is 52.7. The van der Waals surface area contributed by atoms with Gasteiger partial charge in [0.2, 0.25) is 5.76 Å². The minimum Gasteiger partial charge on any atom is -0.504 e. The van der Waals surface area contributed by atoms with Gasteiger partial charge in [-0.2, -0.15) is 0 Å². The number of carboxylic acid groups (broad SMARTS) is 2. The Kier molecular flexibility index (Phi) is 7.25. The third kappa shape index (κ3) is 6.28. The van der Waals surface area contributed by atoms with Crippen LogP contribution in [0.15, 0.2) is 60.4 Å². The summed E-state index contributed by atoms with van der Waals surface area (Å²) in [4.78, 5) is 20.4. The molecule has 0 unspecified atom stereocenters. The van der Waals surface area contributed by atoms with Crippen LogP contribution in [0.3, 0.4) is 0 Å². The van der Waals surface area contributed by atoms with Crippen molar-refractivity contribution < 1.29 is 40.2 Å². The number of hydrogen-bond donors (Lipinski definition) is 6. The molecule has 0 heterocycles. The third-order valence-corrected chi connectivity index (χ3v) is 2.89. The van der Waals surface area contributed by atoms with Gasteiger partial charge in [0.15, 0.2) is 17.3 Å². The van der Waals surface area contributed by atoms with Gasteiger partial charge in [0, 0.05) is 11.6 Å². The SMILES string of the molecule is O=C(O)C(O)=C(O)c1ccccc1.O=C(O)C=Cc1ccc(O)c(O)c1. The van der Waals surface area contributed by atoms with Gasteiger partial charge >= 0.3 is 11.9 Å². The highest BCUT2D eigenvalue weighted by molar-refractivity contribution is 5.91. The lowest BCUT2D eigenvalue weighted by Crippen LogP contribution is -2.02. The highest BCUT2D eigenvalue weighted by Crippen LogP contribution is 2.25. The van der Waals surface area contributed by atoms with Gasteiger partial charge in [0.1, 0.15) is 0 Å². The van der Waals surface area contributed by atoms with E-state index >= 15 is 0 Å². The normalized spacial score (nSPS) is 11.2. The molecule has 0 atom stereocenters. The van der Waals surface area contributed by atoms with Crippen molar-refractivity contribution in [3.8, 4) is 11.5 Å². The molecule has 136 valence electrons. The molecule has 0 bridgehead atoms. The van der Waals surface area contributed by atoms with E-state index in [1.807, 2.05) is 0 Å². The van der Waals surface area contributed by atoms with Crippen LogP contribution in [-0.4, -0.2) is 42.6 Å². The molecular formula is C18H16O8. The van der Waals surface area contributed by atoms with Gasteiger partial charge in [-0.1, -0.05) is 36.4 Å². The molecule has 0 aliphatic heterocycles. The van der Waals surface area contributed by atoms with Crippen LogP contribution in [0.4, 0.5) is 0 Å². The first kappa shape index (κ1) is 20.1. The number of phenolic OH excluding ortho intramolecular Hbond substituents is 2. The van der Waals surface area contributed by atoms with Crippen molar-refractivity contribution in [2.75, 3.05) is 0 Å². The molecule has 2 rings (SSSR count). The summed E-state index contributed by atoms with van der Waals surface area (Å²) in [5.41, 5.74) is 0.778. The van der Waals surface area contributed by atoms with Gasteiger partial charge in [0.25, 0.3) is 0 Å². The van der Waals surface area contributed by atoms with Crippen molar-refractivity contribution in [2.24, 2.45) is 0 Å². The maximum Gasteiger partial charge on any atom is 0.374 e. The molecule has 2 aromatic carbocycles. The zero-order chi connectivity index (χ0) is 19.7. The molecule has 6 N–H and O–H groups in total. The van der Waals surface area contributed by atoms with E-state index in [0.29, 0.717) is 5.56 Å². The summed E-state index contributed by atoms with van der Waals surface area (Å²) in [6.07, 6.45) is 2.27. The van der Waals surface area contributed by atoms with Gasteiger partial charge in [-0.25, -0.2) is 9.59 Å². The van der Waals surface area contributed by atoms with Crippen LogP contribution < -0.4 is 0 Å². The highest BCUT2D eigenvalue weighted by Gasteiger charge is 2.12. The van der Waals surface area contributed by atoms with Gasteiger partial charge < -0.3 is 30.6 Å². The highest BCUT2D eigenvalue weighted by atomic mass is 16.4. The number of rotatable bonds is 4. The molecule has 8 heteroatoms. The van der Waals surface area contributed by atoms with Crippen LogP contribution in [0.2, 0.25) is 0 Å². The van der Waals surface area contributed by atoms with Crippen LogP contribution in [0.1, 0.15) is 11.1 Å². The summed E-state index contributed by atoms with van der Waals surface area (Å²) in [5.74, 6) is -4.80. The van der Waals surface area contributed by atoms with Crippen LogP contribution in [0, 0.1) is 0 Å². The zero-order valence-electron chi connectivity index (χ0n) is 13.3. The van der Waals surface area contributed by atoms with Crippen molar-refractivity contribution in [1.82, 2.24) is 0 Å². The second-order valence-corrected chi connectivity index (χ2v) is 4.79. The Bertz CT molecular complexity index is 838. The minimum atomic E-state index is -1.55. The number of aliphatic hydroxyl groups excluding tert-OH is 2. The quantitative estimate of drug-likeness (QED) is 0.276. The number of hydrogen-bond acceptors (Lipinski definition) is 6. The number of phenols is 2. The summed E-state index contributed by atoms with van der Waals surface area (Å²) in [6.45, 7) is 0. The van der Waals surface area contributed by atoms with E-state index < -0.39 is 23.5 Å². The average Bonchev–Trinajstić information content (AvgIpc) is 2.62. The lowest BCUT2D eigenvalue weighted by molar-refractivity contribution is -0.135. The molecular weight excluding hydrogens is 344 g/mol. The Labute approximate surface area is 147 Å². The smallest absolute Gasteiger partial charge is 0.374 e. The fourth-order valence-electron chi connectivity index (χ4n) is 1.65. The summed E-state index contributed by atoms with van der Waals surface area (Å²) < 4.78 is 0. The predicted octanol–water partition coefficient (Wildman–Crippen LogP) is 2.75. The van der Waals surface area contributed by atoms with Crippen molar-refractivity contribution in [3.63, 3.8) is 0 Å². The molecule has 0 spiro atoms. The predicted molar refractivity (Wildman–Crippen MR) is 92.7 cm³/mol. The molecule has 0 saturated carbocycles. The number of aromatic hydroxyl groups is 2. The summed E-state index contributed by atoms with van der Waals surface area (Å²) in [6, 6.07) is 12.0. The second-order valence-electron chi connectivity index (χ2n) is 4.79. The third-order valence-electron chi connectivity index (χ3n) is 2.89. The Morgan fingerprint density at radius 1 is 0.808 bits per heavy atom. The number of carbonyl (C=O) groups is 2. The summed E-state index contributed by atoms with van der Waals surface area (Å²) in [7, 11) is 0.